The maximum absolute atomic E-state index is 4.23. The Morgan fingerprint density at radius 2 is 2.22 bits per heavy atom. The molecule has 0 amide bonds. The smallest absolute Gasteiger partial charge is 0.0485 e. The fraction of sp³-hybridized carbons (Fsp3) is 0.400. The molecule has 2 aromatic rings. The van der Waals surface area contributed by atoms with Crippen LogP contribution in [0, 0.1) is 6.92 Å². The van der Waals surface area contributed by atoms with Crippen LogP contribution < -0.4 is 5.32 Å². The molecule has 0 saturated carbocycles. The summed E-state index contributed by atoms with van der Waals surface area (Å²) in [6.07, 6.45) is 9.28. The van der Waals surface area contributed by atoms with Crippen molar-refractivity contribution in [2.75, 3.05) is 7.05 Å². The summed E-state index contributed by atoms with van der Waals surface area (Å²) in [5, 5.41) is 3.33. The highest BCUT2D eigenvalue weighted by atomic mass is 15.0. The van der Waals surface area contributed by atoms with Gasteiger partial charge in [0.1, 0.15) is 0 Å². The predicted octanol–water partition coefficient (Wildman–Crippen LogP) is 2.91. The zero-order valence-electron chi connectivity index (χ0n) is 11.4. The molecule has 2 heterocycles. The van der Waals surface area contributed by atoms with E-state index in [1.54, 1.807) is 0 Å². The number of nitrogens with zero attached hydrogens (tertiary/aromatic N) is 2. The average molecular weight is 243 g/mol. The lowest BCUT2D eigenvalue weighted by atomic mass is 10.1. The fourth-order valence-corrected chi connectivity index (χ4v) is 2.29. The third-order valence-electron chi connectivity index (χ3n) is 3.23. The van der Waals surface area contributed by atoms with Crippen LogP contribution in [0.4, 0.5) is 0 Å². The Hall–Kier alpha value is -1.61. The highest BCUT2D eigenvalue weighted by Crippen LogP contribution is 2.17. The van der Waals surface area contributed by atoms with Gasteiger partial charge in [0, 0.05) is 37.4 Å². The van der Waals surface area contributed by atoms with E-state index < -0.39 is 0 Å². The third-order valence-corrected chi connectivity index (χ3v) is 3.23. The van der Waals surface area contributed by atoms with Gasteiger partial charge in [-0.25, -0.2) is 0 Å². The van der Waals surface area contributed by atoms with Crippen LogP contribution in [0.1, 0.15) is 36.1 Å². The van der Waals surface area contributed by atoms with Crippen LogP contribution in [0.5, 0.6) is 0 Å². The molecular formula is C15H21N3. The number of hydrogen-bond donors (Lipinski definition) is 1. The van der Waals surface area contributed by atoms with E-state index in [2.05, 4.69) is 53.2 Å². The second-order valence-electron chi connectivity index (χ2n) is 4.74. The van der Waals surface area contributed by atoms with Crippen LogP contribution in [-0.2, 0) is 6.54 Å². The van der Waals surface area contributed by atoms with E-state index in [1.165, 1.54) is 16.7 Å². The molecule has 3 nitrogen and oxygen atoms in total. The van der Waals surface area contributed by atoms with Crippen molar-refractivity contribution < 1.29 is 0 Å². The molecule has 0 aliphatic heterocycles. The van der Waals surface area contributed by atoms with Crippen LogP contribution in [0.25, 0.3) is 0 Å². The van der Waals surface area contributed by atoms with E-state index >= 15 is 0 Å². The minimum atomic E-state index is 0.446. The van der Waals surface area contributed by atoms with Crippen LogP contribution in [-0.4, -0.2) is 16.6 Å². The molecule has 2 aromatic heterocycles. The second kappa shape index (κ2) is 5.83. The summed E-state index contributed by atoms with van der Waals surface area (Å²) in [5.74, 6) is 0. The summed E-state index contributed by atoms with van der Waals surface area (Å²) in [6.45, 7) is 5.16. The van der Waals surface area contributed by atoms with Crippen molar-refractivity contribution in [3.63, 3.8) is 0 Å². The third kappa shape index (κ3) is 2.99. The minimum absolute atomic E-state index is 0.446. The van der Waals surface area contributed by atoms with Crippen molar-refractivity contribution in [1.82, 2.24) is 14.9 Å². The quantitative estimate of drug-likeness (QED) is 0.875. The monoisotopic (exact) mass is 243 g/mol. The largest absolute Gasteiger partial charge is 0.350 e. The highest BCUT2D eigenvalue weighted by Gasteiger charge is 2.07. The summed E-state index contributed by atoms with van der Waals surface area (Å²) in [7, 11) is 2.01. The number of nitrogens with one attached hydrogen (secondary N) is 1. The van der Waals surface area contributed by atoms with Gasteiger partial charge in [-0.3, -0.25) is 4.98 Å². The average Bonchev–Trinajstić information content (AvgIpc) is 2.79. The Morgan fingerprint density at radius 3 is 2.89 bits per heavy atom. The van der Waals surface area contributed by atoms with Crippen molar-refractivity contribution in [2.45, 2.75) is 32.9 Å². The molecule has 1 N–H and O–H groups in total. The normalized spacial score (nSPS) is 12.6. The van der Waals surface area contributed by atoms with Crippen LogP contribution in [0.2, 0.25) is 0 Å². The van der Waals surface area contributed by atoms with Gasteiger partial charge in [-0.05, 0) is 43.1 Å². The van der Waals surface area contributed by atoms with Gasteiger partial charge >= 0.3 is 0 Å². The second-order valence-corrected chi connectivity index (χ2v) is 4.74. The number of pyridine rings is 1. The van der Waals surface area contributed by atoms with Crippen molar-refractivity contribution in [3.05, 3.63) is 53.6 Å². The number of aryl methyl sites for hydroxylation is 1. The highest BCUT2D eigenvalue weighted by molar-refractivity contribution is 5.20. The van der Waals surface area contributed by atoms with E-state index in [0.29, 0.717) is 6.04 Å². The van der Waals surface area contributed by atoms with Gasteiger partial charge in [0.05, 0.1) is 0 Å². The Morgan fingerprint density at radius 1 is 1.39 bits per heavy atom. The molecule has 3 heteroatoms. The van der Waals surface area contributed by atoms with Gasteiger partial charge in [0.25, 0.3) is 0 Å². The van der Waals surface area contributed by atoms with Crippen LogP contribution >= 0.6 is 0 Å². The molecule has 1 unspecified atom stereocenters. The van der Waals surface area contributed by atoms with Crippen molar-refractivity contribution in [1.29, 1.82) is 0 Å². The van der Waals surface area contributed by atoms with Gasteiger partial charge in [-0.1, -0.05) is 13.0 Å². The first-order chi connectivity index (χ1) is 8.72. The van der Waals surface area contributed by atoms with Gasteiger partial charge in [-0.15, -0.1) is 0 Å². The molecule has 0 spiro atoms. The molecule has 18 heavy (non-hydrogen) atoms. The Balaban J connectivity index is 2.11. The van der Waals surface area contributed by atoms with Crippen LogP contribution in [0.3, 0.4) is 0 Å². The fourth-order valence-electron chi connectivity index (χ4n) is 2.29. The number of rotatable bonds is 5. The molecule has 0 radical (unpaired) electrons. The zero-order chi connectivity index (χ0) is 13.0. The van der Waals surface area contributed by atoms with Gasteiger partial charge < -0.3 is 9.88 Å². The molecule has 96 valence electrons. The van der Waals surface area contributed by atoms with E-state index in [-0.39, 0.29) is 0 Å². The molecule has 0 fully saturated rings. The lowest BCUT2D eigenvalue weighted by molar-refractivity contribution is 0.575. The zero-order valence-corrected chi connectivity index (χ0v) is 11.4. The van der Waals surface area contributed by atoms with Gasteiger partial charge in [-0.2, -0.15) is 0 Å². The summed E-state index contributed by atoms with van der Waals surface area (Å²) in [6, 6.07) is 4.82. The van der Waals surface area contributed by atoms with E-state index in [0.717, 1.165) is 13.0 Å². The first-order valence-electron chi connectivity index (χ1n) is 6.46. The summed E-state index contributed by atoms with van der Waals surface area (Å²) in [4.78, 5) is 4.23. The van der Waals surface area contributed by atoms with E-state index in [1.807, 2.05) is 19.4 Å². The van der Waals surface area contributed by atoms with Crippen molar-refractivity contribution in [3.8, 4) is 0 Å². The number of aromatic nitrogens is 2. The first-order valence-corrected chi connectivity index (χ1v) is 6.46. The molecule has 2 rings (SSSR count). The maximum Gasteiger partial charge on any atom is 0.0485 e. The first kappa shape index (κ1) is 12.8. The number of hydrogen-bond acceptors (Lipinski definition) is 2. The molecule has 0 aliphatic carbocycles. The summed E-state index contributed by atoms with van der Waals surface area (Å²) < 4.78 is 2.21. The molecule has 0 saturated heterocycles. The van der Waals surface area contributed by atoms with Crippen molar-refractivity contribution >= 4 is 0 Å². The predicted molar refractivity (Wildman–Crippen MR) is 74.6 cm³/mol. The Labute approximate surface area is 109 Å². The minimum Gasteiger partial charge on any atom is -0.350 e. The summed E-state index contributed by atoms with van der Waals surface area (Å²) >= 11 is 0. The maximum atomic E-state index is 4.23. The topological polar surface area (TPSA) is 29.9 Å². The van der Waals surface area contributed by atoms with Gasteiger partial charge in [0.15, 0.2) is 0 Å². The van der Waals surface area contributed by atoms with Crippen molar-refractivity contribution in [2.24, 2.45) is 0 Å². The standard InChI is InChI=1S/C15H21N3/c1-4-15(16-3)14-5-6-18(11-14)10-13-7-12(2)8-17-9-13/h5-9,11,15-16H,4,10H2,1-3H3. The lowest BCUT2D eigenvalue weighted by Gasteiger charge is -2.11. The Bertz CT molecular complexity index is 498. The van der Waals surface area contributed by atoms with Gasteiger partial charge in [0.2, 0.25) is 0 Å². The lowest BCUT2D eigenvalue weighted by Crippen LogP contribution is -2.14. The molecule has 0 aromatic carbocycles. The summed E-state index contributed by atoms with van der Waals surface area (Å²) in [5.41, 5.74) is 3.80. The SMILES string of the molecule is CCC(NC)c1ccn(Cc2cncc(C)c2)c1. The molecule has 0 bridgehead atoms. The van der Waals surface area contributed by atoms with E-state index in [4.69, 9.17) is 0 Å². The Kier molecular flexibility index (Phi) is 4.15. The van der Waals surface area contributed by atoms with Crippen LogP contribution in [0.15, 0.2) is 36.9 Å². The molecule has 1 atom stereocenters. The molecular weight excluding hydrogens is 222 g/mol. The molecule has 0 aliphatic rings. The van der Waals surface area contributed by atoms with E-state index in [9.17, 15) is 0 Å².